The summed E-state index contributed by atoms with van der Waals surface area (Å²) in [5, 5.41) is 0.875. The number of hydrogen-bond acceptors (Lipinski definition) is 2. The summed E-state index contributed by atoms with van der Waals surface area (Å²) in [6.07, 6.45) is 6.28. The minimum atomic E-state index is 0.695. The predicted molar refractivity (Wildman–Crippen MR) is 94.8 cm³/mol. The molecule has 0 N–H and O–H groups in total. The fourth-order valence-electron chi connectivity index (χ4n) is 3.82. The molecule has 2 nitrogen and oxygen atoms in total. The number of hydrogen-bond donors (Lipinski definition) is 0. The number of piperidine rings is 1. The van der Waals surface area contributed by atoms with Crippen molar-refractivity contribution in [1.82, 2.24) is 4.90 Å². The Bertz CT molecular complexity index is 461. The molecule has 2 unspecified atom stereocenters. The van der Waals surface area contributed by atoms with Gasteiger partial charge in [-0.15, -0.1) is 0 Å². The van der Waals surface area contributed by atoms with Crippen molar-refractivity contribution in [3.8, 4) is 0 Å². The Morgan fingerprint density at radius 3 is 2.82 bits per heavy atom. The van der Waals surface area contributed by atoms with Crippen LogP contribution < -0.4 is 0 Å². The van der Waals surface area contributed by atoms with Crippen LogP contribution in [0.25, 0.3) is 0 Å². The zero-order valence-electron chi connectivity index (χ0n) is 14.3. The molecule has 2 atom stereocenters. The molecule has 1 aromatic rings. The topological polar surface area (TPSA) is 12.5 Å². The molecule has 1 aliphatic heterocycles. The Morgan fingerprint density at radius 2 is 2.05 bits per heavy atom. The molecule has 22 heavy (non-hydrogen) atoms. The van der Waals surface area contributed by atoms with E-state index in [4.69, 9.17) is 16.3 Å². The zero-order chi connectivity index (χ0) is 15.9. The Balaban J connectivity index is 0.000000847. The van der Waals surface area contributed by atoms with Crippen molar-refractivity contribution < 1.29 is 4.74 Å². The maximum absolute atomic E-state index is 6.14. The number of halogens is 1. The van der Waals surface area contributed by atoms with Crippen LogP contribution >= 0.6 is 11.6 Å². The fourth-order valence-corrected chi connectivity index (χ4v) is 4.01. The number of likely N-dealkylation sites (tertiary alicyclic amines) is 1. The molecule has 0 amide bonds. The lowest BCUT2D eigenvalue weighted by molar-refractivity contribution is 0.0640. The first kappa shape index (κ1) is 17.8. The van der Waals surface area contributed by atoms with Gasteiger partial charge in [-0.05, 0) is 67.8 Å². The van der Waals surface area contributed by atoms with Gasteiger partial charge in [0.05, 0.1) is 6.61 Å². The molecule has 0 bridgehead atoms. The van der Waals surface area contributed by atoms with Gasteiger partial charge in [-0.1, -0.05) is 31.5 Å². The minimum Gasteiger partial charge on any atom is -0.384 e. The fraction of sp³-hybridized carbons (Fsp3) is 0.684. The van der Waals surface area contributed by atoms with E-state index in [1.165, 1.54) is 49.9 Å². The highest BCUT2D eigenvalue weighted by molar-refractivity contribution is 6.30. The SMILES string of the molecule is CC.COCC1CCCN(C2CCc3ccc(Cl)cc3C2)C1. The zero-order valence-corrected chi connectivity index (χ0v) is 15.0. The molecule has 1 heterocycles. The summed E-state index contributed by atoms with van der Waals surface area (Å²) in [6, 6.07) is 7.09. The molecule has 0 aromatic heterocycles. The smallest absolute Gasteiger partial charge is 0.0502 e. The normalized spacial score (nSPS) is 25.1. The van der Waals surface area contributed by atoms with Crippen molar-refractivity contribution in [2.24, 2.45) is 5.92 Å². The van der Waals surface area contributed by atoms with Crippen molar-refractivity contribution in [2.45, 2.75) is 52.0 Å². The molecule has 1 saturated heterocycles. The second-order valence-corrected chi connectivity index (χ2v) is 6.70. The number of ether oxygens (including phenoxy) is 1. The molecule has 1 aromatic carbocycles. The van der Waals surface area contributed by atoms with Gasteiger partial charge < -0.3 is 4.74 Å². The highest BCUT2D eigenvalue weighted by atomic mass is 35.5. The van der Waals surface area contributed by atoms with E-state index >= 15 is 0 Å². The van der Waals surface area contributed by atoms with E-state index < -0.39 is 0 Å². The number of methoxy groups -OCH3 is 1. The third-order valence-electron chi connectivity index (χ3n) is 4.84. The van der Waals surface area contributed by atoms with E-state index in [2.05, 4.69) is 17.0 Å². The molecule has 124 valence electrons. The lowest BCUT2D eigenvalue weighted by atomic mass is 9.86. The summed E-state index contributed by atoms with van der Waals surface area (Å²) in [6.45, 7) is 7.36. The molecule has 3 rings (SSSR count). The van der Waals surface area contributed by atoms with Crippen LogP contribution in [0.15, 0.2) is 18.2 Å². The van der Waals surface area contributed by atoms with Crippen molar-refractivity contribution in [1.29, 1.82) is 0 Å². The molecule has 0 spiro atoms. The van der Waals surface area contributed by atoms with Gasteiger partial charge in [-0.3, -0.25) is 4.90 Å². The van der Waals surface area contributed by atoms with Gasteiger partial charge in [0.2, 0.25) is 0 Å². The Morgan fingerprint density at radius 1 is 1.23 bits per heavy atom. The summed E-state index contributed by atoms with van der Waals surface area (Å²) < 4.78 is 5.34. The second kappa shape index (κ2) is 8.90. The van der Waals surface area contributed by atoms with Crippen LogP contribution in [0.5, 0.6) is 0 Å². The lowest BCUT2D eigenvalue weighted by Crippen LogP contribution is -2.46. The molecular formula is C19H30ClNO. The Kier molecular flexibility index (Phi) is 7.20. The van der Waals surface area contributed by atoms with Gasteiger partial charge in [0.1, 0.15) is 0 Å². The standard InChI is InChI=1S/C17H24ClNO.C2H6/c1-20-12-13-3-2-8-19(11-13)17-7-5-14-4-6-16(18)9-15(14)10-17;1-2/h4,6,9,13,17H,2-3,5,7-8,10-12H2,1H3;1-2H3. The molecule has 3 heteroatoms. The minimum absolute atomic E-state index is 0.695. The van der Waals surface area contributed by atoms with Crippen molar-refractivity contribution in [3.05, 3.63) is 34.3 Å². The van der Waals surface area contributed by atoms with Crippen LogP contribution in [0.1, 0.15) is 44.2 Å². The molecule has 2 aliphatic rings. The van der Waals surface area contributed by atoms with E-state index in [1.807, 2.05) is 27.0 Å². The predicted octanol–water partition coefficient (Wildman–Crippen LogP) is 4.58. The highest BCUT2D eigenvalue weighted by Gasteiger charge is 2.28. The average Bonchev–Trinajstić information content (AvgIpc) is 2.56. The molecule has 1 fully saturated rings. The molecule has 0 saturated carbocycles. The maximum Gasteiger partial charge on any atom is 0.0502 e. The number of aryl methyl sites for hydroxylation is 1. The summed E-state index contributed by atoms with van der Waals surface area (Å²) in [5.41, 5.74) is 2.96. The molecular weight excluding hydrogens is 294 g/mol. The van der Waals surface area contributed by atoms with Crippen LogP contribution in [0.2, 0.25) is 5.02 Å². The summed E-state index contributed by atoms with van der Waals surface area (Å²) in [7, 11) is 1.82. The van der Waals surface area contributed by atoms with E-state index in [-0.39, 0.29) is 0 Å². The van der Waals surface area contributed by atoms with Crippen molar-refractivity contribution in [2.75, 3.05) is 26.8 Å². The average molecular weight is 324 g/mol. The van der Waals surface area contributed by atoms with E-state index in [1.54, 1.807) is 0 Å². The van der Waals surface area contributed by atoms with Crippen LogP contribution in [-0.2, 0) is 17.6 Å². The molecule has 1 aliphatic carbocycles. The summed E-state index contributed by atoms with van der Waals surface area (Å²) in [4.78, 5) is 2.69. The summed E-state index contributed by atoms with van der Waals surface area (Å²) in [5.74, 6) is 0.717. The third kappa shape index (κ3) is 4.47. The number of nitrogens with zero attached hydrogens (tertiary/aromatic N) is 1. The first-order valence-electron chi connectivity index (χ1n) is 8.76. The van der Waals surface area contributed by atoms with Crippen LogP contribution in [-0.4, -0.2) is 37.7 Å². The highest BCUT2D eigenvalue weighted by Crippen LogP contribution is 2.29. The second-order valence-electron chi connectivity index (χ2n) is 6.27. The number of fused-ring (bicyclic) bond motifs is 1. The molecule has 0 radical (unpaired) electrons. The number of rotatable bonds is 3. The van der Waals surface area contributed by atoms with E-state index in [9.17, 15) is 0 Å². The van der Waals surface area contributed by atoms with Gasteiger partial charge in [0, 0.05) is 24.7 Å². The van der Waals surface area contributed by atoms with Crippen LogP contribution in [0.3, 0.4) is 0 Å². The summed E-state index contributed by atoms with van der Waals surface area (Å²) >= 11 is 6.14. The van der Waals surface area contributed by atoms with Crippen molar-refractivity contribution >= 4 is 11.6 Å². The van der Waals surface area contributed by atoms with Gasteiger partial charge in [-0.25, -0.2) is 0 Å². The van der Waals surface area contributed by atoms with E-state index in [0.717, 1.165) is 24.0 Å². The maximum atomic E-state index is 6.14. The van der Waals surface area contributed by atoms with Crippen LogP contribution in [0, 0.1) is 5.92 Å². The third-order valence-corrected chi connectivity index (χ3v) is 5.08. The lowest BCUT2D eigenvalue weighted by Gasteiger charge is -2.40. The monoisotopic (exact) mass is 323 g/mol. The van der Waals surface area contributed by atoms with Gasteiger partial charge in [0.25, 0.3) is 0 Å². The van der Waals surface area contributed by atoms with Gasteiger partial charge in [-0.2, -0.15) is 0 Å². The van der Waals surface area contributed by atoms with Crippen LogP contribution in [0.4, 0.5) is 0 Å². The largest absolute Gasteiger partial charge is 0.384 e. The van der Waals surface area contributed by atoms with Crippen molar-refractivity contribution in [3.63, 3.8) is 0 Å². The quantitative estimate of drug-likeness (QED) is 0.807. The first-order chi connectivity index (χ1) is 10.8. The van der Waals surface area contributed by atoms with Gasteiger partial charge >= 0.3 is 0 Å². The first-order valence-corrected chi connectivity index (χ1v) is 9.14. The van der Waals surface area contributed by atoms with E-state index in [0.29, 0.717) is 6.04 Å². The van der Waals surface area contributed by atoms with Gasteiger partial charge in [0.15, 0.2) is 0 Å². The number of benzene rings is 1. The Labute approximate surface area is 140 Å². The Hall–Kier alpha value is -0.570.